The summed E-state index contributed by atoms with van der Waals surface area (Å²) in [6, 6.07) is 0. The van der Waals surface area contributed by atoms with Crippen LogP contribution in [0.4, 0.5) is 0 Å². The topological polar surface area (TPSA) is 61.3 Å². The van der Waals surface area contributed by atoms with E-state index in [2.05, 4.69) is 28.1 Å². The minimum absolute atomic E-state index is 0.0537. The molecule has 0 aromatic rings. The molecule has 1 rings (SSSR count). The maximum Gasteiger partial charge on any atom is 0.496 e. The molecule has 0 aromatic carbocycles. The zero-order chi connectivity index (χ0) is 19.6. The Morgan fingerprint density at radius 1 is 1.27 bits per heavy atom. The summed E-state index contributed by atoms with van der Waals surface area (Å²) in [6.45, 7) is 22.4. The quantitative estimate of drug-likeness (QED) is 0.317. The molecule has 6 nitrogen and oxygen atoms in total. The van der Waals surface area contributed by atoms with Gasteiger partial charge in [-0.05, 0) is 32.1 Å². The van der Waals surface area contributed by atoms with Crippen LogP contribution in [0.1, 0.15) is 39.5 Å². The van der Waals surface area contributed by atoms with Gasteiger partial charge < -0.3 is 9.47 Å². The number of carbonyl (C=O) groups excluding carboxylic acids is 2. The van der Waals surface area contributed by atoms with E-state index in [0.717, 1.165) is 0 Å². The molecule has 1 saturated carbocycles. The summed E-state index contributed by atoms with van der Waals surface area (Å²) >= 11 is 0. The molecule has 6 heteroatoms. The average molecular weight is 356 g/mol. The highest BCUT2D eigenvalue weighted by atomic mass is 16.5. The van der Waals surface area contributed by atoms with Gasteiger partial charge in [0, 0.05) is 6.92 Å². The predicted octanol–water partition coefficient (Wildman–Crippen LogP) is 3.26. The molecule has 0 bridgehead atoms. The van der Waals surface area contributed by atoms with Gasteiger partial charge in [0.1, 0.15) is 5.92 Å². The Balaban J connectivity index is 2.90. The van der Waals surface area contributed by atoms with Gasteiger partial charge in [-0.1, -0.05) is 17.9 Å². The van der Waals surface area contributed by atoms with Gasteiger partial charge in [0.05, 0.1) is 12.5 Å². The van der Waals surface area contributed by atoms with Crippen LogP contribution in [-0.2, 0) is 19.1 Å². The lowest BCUT2D eigenvalue weighted by Crippen LogP contribution is -2.41. The second kappa shape index (κ2) is 10.3. The molecule has 138 valence electrons. The van der Waals surface area contributed by atoms with Crippen molar-refractivity contribution in [3.05, 3.63) is 35.5 Å². The van der Waals surface area contributed by atoms with E-state index >= 15 is 0 Å². The molecular weight excluding hydrogens is 332 g/mol. The van der Waals surface area contributed by atoms with Crippen LogP contribution in [0.2, 0.25) is 0 Å². The van der Waals surface area contributed by atoms with Gasteiger partial charge in [-0.15, -0.1) is 6.58 Å². The lowest BCUT2D eigenvalue weighted by atomic mass is 9.68. The third-order valence-electron chi connectivity index (χ3n) is 4.62. The van der Waals surface area contributed by atoms with Crippen molar-refractivity contribution in [3.63, 3.8) is 0 Å². The molecule has 0 radical (unpaired) electrons. The van der Waals surface area contributed by atoms with E-state index in [4.69, 9.17) is 22.6 Å². The Bertz CT molecular complexity index is 661. The van der Waals surface area contributed by atoms with Crippen molar-refractivity contribution in [2.75, 3.05) is 13.2 Å². The third-order valence-corrected chi connectivity index (χ3v) is 4.62. The first-order valence-corrected chi connectivity index (χ1v) is 8.59. The summed E-state index contributed by atoms with van der Waals surface area (Å²) in [5, 5.41) is 0. The summed E-state index contributed by atoms with van der Waals surface area (Å²) < 4.78 is 9.84. The Kier molecular flexibility index (Phi) is 8.40. The smallest absolute Gasteiger partial charge is 0.466 e. The Hall–Kier alpha value is -2.78. The number of esters is 2. The van der Waals surface area contributed by atoms with Crippen molar-refractivity contribution in [2.24, 2.45) is 17.8 Å². The molecule has 0 heterocycles. The van der Waals surface area contributed by atoms with Crippen LogP contribution in [0.3, 0.4) is 0 Å². The van der Waals surface area contributed by atoms with E-state index in [0.29, 0.717) is 25.9 Å². The van der Waals surface area contributed by atoms with Gasteiger partial charge in [-0.2, -0.15) is 0 Å². The normalized spacial score (nSPS) is 21.9. The van der Waals surface area contributed by atoms with Crippen LogP contribution in [0.15, 0.2) is 12.7 Å². The van der Waals surface area contributed by atoms with Crippen LogP contribution in [0.5, 0.6) is 0 Å². The average Bonchev–Trinajstić information content (AvgIpc) is 2.64. The van der Waals surface area contributed by atoms with Crippen molar-refractivity contribution in [3.8, 4) is 11.8 Å². The van der Waals surface area contributed by atoms with Crippen molar-refractivity contribution < 1.29 is 19.1 Å². The minimum atomic E-state index is -1.32. The van der Waals surface area contributed by atoms with Crippen LogP contribution in [0, 0.1) is 42.7 Å². The second-order valence-electron chi connectivity index (χ2n) is 6.18. The lowest BCUT2D eigenvalue weighted by molar-refractivity contribution is -0.150. The van der Waals surface area contributed by atoms with E-state index < -0.39 is 11.6 Å². The fourth-order valence-electron chi connectivity index (χ4n) is 3.30. The van der Waals surface area contributed by atoms with E-state index in [1.807, 2.05) is 0 Å². The zero-order valence-electron chi connectivity index (χ0n) is 15.3. The molecule has 0 aromatic heterocycles. The fraction of sp³-hybridized carbons (Fsp3) is 0.600. The monoisotopic (exact) mass is 356 g/mol. The van der Waals surface area contributed by atoms with E-state index in [-0.39, 0.29) is 36.8 Å². The maximum atomic E-state index is 12.0. The maximum absolute atomic E-state index is 12.0. The van der Waals surface area contributed by atoms with Gasteiger partial charge in [0.2, 0.25) is 0 Å². The SMILES string of the molecule is [C-]#[N+]C(CC#CCOC(C)=O)([N+]#[C-])[C@@H]1CC[C@H](C(=O)OCC)C[C@H]1C=C. The molecular formula is C20H24N2O4. The van der Waals surface area contributed by atoms with Crippen molar-refractivity contribution in [2.45, 2.75) is 45.2 Å². The second-order valence-corrected chi connectivity index (χ2v) is 6.18. The Morgan fingerprint density at radius 3 is 2.50 bits per heavy atom. The zero-order valence-corrected chi connectivity index (χ0v) is 15.3. The molecule has 1 fully saturated rings. The Labute approximate surface area is 155 Å². The Morgan fingerprint density at radius 2 is 1.96 bits per heavy atom. The van der Waals surface area contributed by atoms with Crippen LogP contribution in [0.25, 0.3) is 9.69 Å². The molecule has 1 aliphatic rings. The highest BCUT2D eigenvalue weighted by Gasteiger charge is 2.56. The van der Waals surface area contributed by atoms with Crippen molar-refractivity contribution in [1.82, 2.24) is 0 Å². The first-order chi connectivity index (χ1) is 12.4. The minimum Gasteiger partial charge on any atom is -0.466 e. The van der Waals surface area contributed by atoms with E-state index in [1.54, 1.807) is 13.0 Å². The summed E-state index contributed by atoms with van der Waals surface area (Å²) in [4.78, 5) is 30.0. The largest absolute Gasteiger partial charge is 0.496 e. The number of nitrogens with zero attached hydrogens (tertiary/aromatic N) is 2. The molecule has 26 heavy (non-hydrogen) atoms. The first kappa shape index (κ1) is 21.3. The number of carbonyl (C=O) groups is 2. The summed E-state index contributed by atoms with van der Waals surface area (Å²) in [6.07, 6.45) is 3.48. The number of allylic oxidation sites excluding steroid dienone is 1. The van der Waals surface area contributed by atoms with E-state index in [9.17, 15) is 9.59 Å². The van der Waals surface area contributed by atoms with Gasteiger partial charge in [0.25, 0.3) is 0 Å². The molecule has 0 N–H and O–H groups in total. The predicted molar refractivity (Wildman–Crippen MR) is 96.1 cm³/mol. The van der Waals surface area contributed by atoms with Crippen LogP contribution in [-0.4, -0.2) is 30.8 Å². The fourth-order valence-corrected chi connectivity index (χ4v) is 3.30. The highest BCUT2D eigenvalue weighted by Crippen LogP contribution is 2.45. The van der Waals surface area contributed by atoms with Crippen molar-refractivity contribution in [1.29, 1.82) is 0 Å². The summed E-state index contributed by atoms with van der Waals surface area (Å²) in [5.41, 5.74) is -1.32. The lowest BCUT2D eigenvalue weighted by Gasteiger charge is -2.33. The van der Waals surface area contributed by atoms with Gasteiger partial charge >= 0.3 is 17.6 Å². The first-order valence-electron chi connectivity index (χ1n) is 8.59. The van der Waals surface area contributed by atoms with Crippen LogP contribution >= 0.6 is 0 Å². The molecule has 0 spiro atoms. The standard InChI is InChI=1S/C20H24N2O4/c1-6-16-14-17(19(24)25-7-2)10-11-18(16)20(21-4,22-5)12-8-9-13-26-15(3)23/h6,16-18H,1,7,10-14H2,2-3H3/t16-,17+,18-/m1/s1. The van der Waals surface area contributed by atoms with Crippen molar-refractivity contribution >= 4 is 11.9 Å². The van der Waals surface area contributed by atoms with Gasteiger partial charge in [-0.25, -0.2) is 22.8 Å². The van der Waals surface area contributed by atoms with Gasteiger partial charge in [0.15, 0.2) is 13.0 Å². The molecule has 0 amide bonds. The molecule has 1 aliphatic carbocycles. The molecule has 3 atom stereocenters. The molecule has 0 aliphatic heterocycles. The highest BCUT2D eigenvalue weighted by molar-refractivity contribution is 5.72. The van der Waals surface area contributed by atoms with Crippen LogP contribution < -0.4 is 0 Å². The number of rotatable bonds is 6. The third kappa shape index (κ3) is 5.36. The van der Waals surface area contributed by atoms with Gasteiger partial charge in [-0.3, -0.25) is 9.59 Å². The number of ether oxygens (including phenoxy) is 2. The molecule has 0 saturated heterocycles. The summed E-state index contributed by atoms with van der Waals surface area (Å²) in [5.74, 6) is 4.22. The molecule has 0 unspecified atom stereocenters. The number of hydrogen-bond acceptors (Lipinski definition) is 4. The van der Waals surface area contributed by atoms with E-state index in [1.165, 1.54) is 6.92 Å². The summed E-state index contributed by atoms with van der Waals surface area (Å²) in [7, 11) is 0. The number of hydrogen-bond donors (Lipinski definition) is 0.